The van der Waals surface area contributed by atoms with Crippen LogP contribution in [0.5, 0.6) is 5.75 Å². The summed E-state index contributed by atoms with van der Waals surface area (Å²) in [7, 11) is 0. The number of carboxylic acid groups (broad SMARTS) is 1. The summed E-state index contributed by atoms with van der Waals surface area (Å²) >= 11 is 0. The van der Waals surface area contributed by atoms with Crippen LogP contribution in [0.15, 0.2) is 36.4 Å². The van der Waals surface area contributed by atoms with Gasteiger partial charge in [-0.25, -0.2) is 0 Å². The van der Waals surface area contributed by atoms with Crippen LogP contribution >= 0.6 is 0 Å². The van der Waals surface area contributed by atoms with Crippen molar-refractivity contribution in [3.8, 4) is 5.75 Å². The first-order valence-corrected chi connectivity index (χ1v) is 13.2. The molecule has 0 aliphatic rings. The zero-order valence-corrected chi connectivity index (χ0v) is 26.2. The van der Waals surface area contributed by atoms with Crippen molar-refractivity contribution >= 4 is 5.97 Å². The summed E-state index contributed by atoms with van der Waals surface area (Å²) in [6, 6.07) is 13.0. The summed E-state index contributed by atoms with van der Waals surface area (Å²) in [6.45, 7) is 14.9. The number of carbonyl (C=O) groups excluding carboxylic acids is 1. The van der Waals surface area contributed by atoms with Gasteiger partial charge in [0.05, 0.1) is 12.2 Å². The van der Waals surface area contributed by atoms with Gasteiger partial charge < -0.3 is 24.9 Å². The molecule has 0 aromatic heterocycles. The van der Waals surface area contributed by atoms with Crippen molar-refractivity contribution < 1.29 is 54.4 Å². The molecule has 0 bridgehead atoms. The summed E-state index contributed by atoms with van der Waals surface area (Å²) in [6.07, 6.45) is 2.25. The molecule has 0 spiro atoms. The Hall–Kier alpha value is -1.37. The quantitative estimate of drug-likeness (QED) is 0.395. The number of aliphatic hydroxyl groups excluding tert-OH is 2. The summed E-state index contributed by atoms with van der Waals surface area (Å²) in [4.78, 5) is 10.6. The molecule has 2 rings (SSSR count). The second kappa shape index (κ2) is 14.7. The van der Waals surface area contributed by atoms with Gasteiger partial charge in [0, 0.05) is 11.4 Å². The molecule has 2 atom stereocenters. The van der Waals surface area contributed by atoms with E-state index in [9.17, 15) is 20.1 Å². The van der Waals surface area contributed by atoms with Gasteiger partial charge in [0.15, 0.2) is 0 Å². The molecule has 0 radical (unpaired) electrons. The van der Waals surface area contributed by atoms with Gasteiger partial charge in [-0.05, 0) is 91.7 Å². The van der Waals surface area contributed by atoms with E-state index in [0.717, 1.165) is 31.2 Å². The van der Waals surface area contributed by atoms with Gasteiger partial charge in [-0.1, -0.05) is 65.0 Å². The predicted molar refractivity (Wildman–Crippen MR) is 143 cm³/mol. The number of rotatable bonds is 13. The number of carboxylic acids is 1. The molecule has 6 heteroatoms. The number of benzene rings is 2. The van der Waals surface area contributed by atoms with Crippen LogP contribution in [0.1, 0.15) is 94.5 Å². The van der Waals surface area contributed by atoms with Gasteiger partial charge in [-0.2, -0.15) is 0 Å². The molecule has 0 aliphatic heterocycles. The standard InChI is InChI=1S/C31H46O5.Na/c1-8-31(9-2,24-12-10-23(21(3)18-24)11-16-28(33)30(5,6)7)25-13-15-27(22(4)19-25)36-20-26(32)14-17-29(34)35;/h10,12-13,15,18-19,26,28,32-33H,8-9,11,14,16-17,20H2,1-7H3,(H,34,35);/q;+1/p-1/t26-,28?;/m1./s1. The van der Waals surface area contributed by atoms with E-state index < -0.39 is 12.1 Å². The number of aliphatic carboxylic acids is 1. The van der Waals surface area contributed by atoms with Crippen molar-refractivity contribution in [1.82, 2.24) is 0 Å². The van der Waals surface area contributed by atoms with Crippen molar-refractivity contribution in [3.63, 3.8) is 0 Å². The smallest absolute Gasteiger partial charge is 0.550 e. The Morgan fingerprint density at radius 1 is 0.946 bits per heavy atom. The van der Waals surface area contributed by atoms with Gasteiger partial charge >= 0.3 is 29.6 Å². The van der Waals surface area contributed by atoms with Crippen LogP contribution < -0.4 is 39.4 Å². The molecule has 2 aromatic rings. The Bertz CT molecular complexity index is 1010. The average Bonchev–Trinajstić information content (AvgIpc) is 2.82. The van der Waals surface area contributed by atoms with Gasteiger partial charge in [0.1, 0.15) is 12.4 Å². The second-order valence-corrected chi connectivity index (χ2v) is 11.2. The zero-order valence-electron chi connectivity index (χ0n) is 24.2. The van der Waals surface area contributed by atoms with Gasteiger partial charge in [-0.3, -0.25) is 0 Å². The maximum absolute atomic E-state index is 10.6. The van der Waals surface area contributed by atoms with E-state index in [2.05, 4.69) is 71.9 Å². The SMILES string of the molecule is CCC(CC)(c1ccc(CCC(O)C(C)(C)C)c(C)c1)c1ccc(OC[C@H](O)CCC(=O)[O-])c(C)c1.[Na+]. The largest absolute Gasteiger partial charge is 1.00 e. The van der Waals surface area contributed by atoms with E-state index >= 15 is 0 Å². The van der Waals surface area contributed by atoms with Gasteiger partial charge in [-0.15, -0.1) is 0 Å². The van der Waals surface area contributed by atoms with Crippen molar-refractivity contribution in [2.45, 2.75) is 105 Å². The first-order valence-electron chi connectivity index (χ1n) is 13.2. The Balaban J connectivity index is 0.00000684. The zero-order chi connectivity index (χ0) is 27.1. The van der Waals surface area contributed by atoms with Gasteiger partial charge in [0.2, 0.25) is 0 Å². The minimum absolute atomic E-state index is 0. The first kappa shape index (κ1) is 33.7. The Morgan fingerprint density at radius 2 is 1.51 bits per heavy atom. The molecule has 2 N–H and O–H groups in total. The molecule has 0 amide bonds. The van der Waals surface area contributed by atoms with Crippen molar-refractivity contribution in [3.05, 3.63) is 64.2 Å². The third-order valence-corrected chi connectivity index (χ3v) is 7.63. The number of hydrogen-bond acceptors (Lipinski definition) is 5. The number of hydrogen-bond donors (Lipinski definition) is 2. The van der Waals surface area contributed by atoms with Crippen molar-refractivity contribution in [2.75, 3.05) is 6.61 Å². The third kappa shape index (κ3) is 9.11. The molecular formula is C31H45NaO5. The van der Waals surface area contributed by atoms with E-state index in [4.69, 9.17) is 4.74 Å². The maximum atomic E-state index is 10.6. The van der Waals surface area contributed by atoms with Crippen LogP contribution in [0.4, 0.5) is 0 Å². The monoisotopic (exact) mass is 520 g/mol. The molecule has 0 saturated heterocycles. The molecule has 0 saturated carbocycles. The fourth-order valence-electron chi connectivity index (χ4n) is 4.90. The molecule has 1 unspecified atom stereocenters. The summed E-state index contributed by atoms with van der Waals surface area (Å²) in [5, 5.41) is 31.0. The van der Waals surface area contributed by atoms with Crippen LogP contribution in [-0.4, -0.2) is 35.0 Å². The molecule has 2 aromatic carbocycles. The molecule has 0 heterocycles. The number of carbonyl (C=O) groups is 1. The Kier molecular flexibility index (Phi) is 13.4. The Morgan fingerprint density at radius 3 is 2.00 bits per heavy atom. The van der Waals surface area contributed by atoms with E-state index in [1.165, 1.54) is 22.3 Å². The number of ether oxygens (including phenoxy) is 1. The van der Waals surface area contributed by atoms with Crippen LogP contribution in [-0.2, 0) is 16.6 Å². The average molecular weight is 521 g/mol. The maximum Gasteiger partial charge on any atom is 1.00 e. The van der Waals surface area contributed by atoms with E-state index in [-0.39, 0.29) is 65.9 Å². The summed E-state index contributed by atoms with van der Waals surface area (Å²) in [5.41, 5.74) is 5.78. The molecule has 0 fully saturated rings. The summed E-state index contributed by atoms with van der Waals surface area (Å²) in [5.74, 6) is -0.480. The topological polar surface area (TPSA) is 89.8 Å². The Labute approximate surface area is 245 Å². The van der Waals surface area contributed by atoms with Crippen molar-refractivity contribution in [1.29, 1.82) is 0 Å². The number of aliphatic hydroxyl groups is 2. The molecule has 37 heavy (non-hydrogen) atoms. The molecule has 5 nitrogen and oxygen atoms in total. The number of aryl methyl sites for hydroxylation is 3. The van der Waals surface area contributed by atoms with Gasteiger partial charge in [0.25, 0.3) is 0 Å². The fraction of sp³-hybridized carbons (Fsp3) is 0.581. The molecule has 200 valence electrons. The predicted octanol–water partition coefficient (Wildman–Crippen LogP) is 2.02. The van der Waals surface area contributed by atoms with Crippen LogP contribution in [0, 0.1) is 19.3 Å². The minimum atomic E-state index is -1.17. The molecule has 0 aliphatic carbocycles. The van der Waals surface area contributed by atoms with Crippen LogP contribution in [0.2, 0.25) is 0 Å². The van der Waals surface area contributed by atoms with Crippen LogP contribution in [0.25, 0.3) is 0 Å². The second-order valence-electron chi connectivity index (χ2n) is 11.2. The molecular weight excluding hydrogens is 475 g/mol. The summed E-state index contributed by atoms with van der Waals surface area (Å²) < 4.78 is 5.79. The van der Waals surface area contributed by atoms with E-state index in [0.29, 0.717) is 5.75 Å². The first-order chi connectivity index (χ1) is 16.8. The van der Waals surface area contributed by atoms with E-state index in [1.54, 1.807) is 0 Å². The van der Waals surface area contributed by atoms with Crippen molar-refractivity contribution in [2.24, 2.45) is 5.41 Å². The third-order valence-electron chi connectivity index (χ3n) is 7.63. The van der Waals surface area contributed by atoms with Crippen LogP contribution in [0.3, 0.4) is 0 Å². The normalized spacial score (nSPS) is 13.5. The fourth-order valence-corrected chi connectivity index (χ4v) is 4.90. The van der Waals surface area contributed by atoms with E-state index in [1.807, 2.05) is 13.0 Å². The minimum Gasteiger partial charge on any atom is -0.550 e.